The van der Waals surface area contributed by atoms with E-state index in [2.05, 4.69) is 4.98 Å². The third-order valence-corrected chi connectivity index (χ3v) is 3.87. The zero-order valence-corrected chi connectivity index (χ0v) is 10.8. The van der Waals surface area contributed by atoms with Crippen molar-refractivity contribution in [2.24, 2.45) is 11.7 Å². The van der Waals surface area contributed by atoms with Crippen LogP contribution in [0.15, 0.2) is 5.38 Å². The molecule has 0 radical (unpaired) electrons. The molecule has 1 aromatic rings. The van der Waals surface area contributed by atoms with Crippen molar-refractivity contribution in [1.82, 2.24) is 9.88 Å². The van der Waals surface area contributed by atoms with Gasteiger partial charge in [0.2, 0.25) is 11.8 Å². The third-order valence-electron chi connectivity index (χ3n) is 3.15. The van der Waals surface area contributed by atoms with Gasteiger partial charge < -0.3 is 16.4 Å². The van der Waals surface area contributed by atoms with Gasteiger partial charge >= 0.3 is 0 Å². The summed E-state index contributed by atoms with van der Waals surface area (Å²) in [5.74, 6) is -0.332. The van der Waals surface area contributed by atoms with E-state index in [4.69, 9.17) is 11.5 Å². The molecule has 98 valence electrons. The minimum atomic E-state index is -0.269. The molecule has 6 nitrogen and oxygen atoms in total. The molecule has 0 aromatic carbocycles. The first kappa shape index (κ1) is 12.8. The van der Waals surface area contributed by atoms with Crippen LogP contribution >= 0.6 is 11.3 Å². The largest absolute Gasteiger partial charge is 0.375 e. The number of carbonyl (C=O) groups excluding carboxylic acids is 2. The van der Waals surface area contributed by atoms with E-state index in [1.54, 1.807) is 10.3 Å². The van der Waals surface area contributed by atoms with Crippen molar-refractivity contribution in [3.63, 3.8) is 0 Å². The van der Waals surface area contributed by atoms with E-state index in [9.17, 15) is 9.59 Å². The van der Waals surface area contributed by atoms with Gasteiger partial charge in [-0.3, -0.25) is 9.59 Å². The Bertz CT molecular complexity index is 452. The van der Waals surface area contributed by atoms with Crippen LogP contribution in [0, 0.1) is 5.92 Å². The Hall–Kier alpha value is -1.63. The number of likely N-dealkylation sites (tertiary alicyclic amines) is 1. The van der Waals surface area contributed by atoms with E-state index < -0.39 is 0 Å². The molecule has 1 aliphatic heterocycles. The number of aromatic nitrogens is 1. The fraction of sp³-hybridized carbons (Fsp3) is 0.545. The topological polar surface area (TPSA) is 102 Å². The van der Waals surface area contributed by atoms with Gasteiger partial charge in [-0.1, -0.05) is 0 Å². The van der Waals surface area contributed by atoms with Gasteiger partial charge in [0.1, 0.15) is 0 Å². The molecule has 2 rings (SSSR count). The predicted octanol–water partition coefficient (Wildman–Crippen LogP) is -0.00830. The van der Waals surface area contributed by atoms with Crippen LogP contribution in [0.3, 0.4) is 0 Å². The summed E-state index contributed by atoms with van der Waals surface area (Å²) in [7, 11) is 0. The van der Waals surface area contributed by atoms with E-state index in [1.165, 1.54) is 11.3 Å². The molecule has 0 saturated carbocycles. The van der Waals surface area contributed by atoms with Crippen LogP contribution in [-0.2, 0) is 16.0 Å². The standard InChI is InChI=1S/C11H16N4O2S/c12-10(17)7-1-3-15(4-2-7)9(16)5-8-6-18-11(13)14-8/h6-7H,1-5H2,(H2,12,17)(H2,13,14). The maximum atomic E-state index is 12.0. The highest BCUT2D eigenvalue weighted by molar-refractivity contribution is 7.13. The smallest absolute Gasteiger partial charge is 0.228 e. The van der Waals surface area contributed by atoms with E-state index in [-0.39, 0.29) is 24.2 Å². The first-order valence-corrected chi connectivity index (χ1v) is 6.71. The van der Waals surface area contributed by atoms with Gasteiger partial charge in [-0.05, 0) is 12.8 Å². The Labute approximate surface area is 109 Å². The van der Waals surface area contributed by atoms with Gasteiger partial charge in [0.15, 0.2) is 5.13 Å². The summed E-state index contributed by atoms with van der Waals surface area (Å²) in [6, 6.07) is 0. The fourth-order valence-electron chi connectivity index (χ4n) is 2.08. The van der Waals surface area contributed by atoms with Crippen molar-refractivity contribution in [1.29, 1.82) is 0 Å². The van der Waals surface area contributed by atoms with Crippen LogP contribution in [0.25, 0.3) is 0 Å². The molecule has 18 heavy (non-hydrogen) atoms. The summed E-state index contributed by atoms with van der Waals surface area (Å²) in [5, 5.41) is 2.27. The van der Waals surface area contributed by atoms with Crippen LogP contribution in [0.5, 0.6) is 0 Å². The van der Waals surface area contributed by atoms with E-state index in [0.717, 1.165) is 0 Å². The molecule has 1 fully saturated rings. The maximum absolute atomic E-state index is 12.0. The summed E-state index contributed by atoms with van der Waals surface area (Å²) >= 11 is 1.33. The second-order valence-corrected chi connectivity index (χ2v) is 5.30. The van der Waals surface area contributed by atoms with Crippen molar-refractivity contribution in [3.8, 4) is 0 Å². The number of piperidine rings is 1. The zero-order chi connectivity index (χ0) is 13.1. The second kappa shape index (κ2) is 5.34. The van der Waals surface area contributed by atoms with E-state index >= 15 is 0 Å². The highest BCUT2D eigenvalue weighted by atomic mass is 32.1. The second-order valence-electron chi connectivity index (χ2n) is 4.41. The van der Waals surface area contributed by atoms with Crippen molar-refractivity contribution in [3.05, 3.63) is 11.1 Å². The Morgan fingerprint density at radius 1 is 1.44 bits per heavy atom. The number of nitrogen functional groups attached to an aromatic ring is 1. The molecular weight excluding hydrogens is 252 g/mol. The van der Waals surface area contributed by atoms with E-state index in [1.807, 2.05) is 0 Å². The van der Waals surface area contributed by atoms with Crippen molar-refractivity contribution in [2.75, 3.05) is 18.8 Å². The third kappa shape index (κ3) is 2.98. The van der Waals surface area contributed by atoms with Crippen LogP contribution in [0.2, 0.25) is 0 Å². The molecule has 1 aromatic heterocycles. The quantitative estimate of drug-likeness (QED) is 0.805. The average Bonchev–Trinajstić information content (AvgIpc) is 2.75. The lowest BCUT2D eigenvalue weighted by atomic mass is 9.96. The zero-order valence-electron chi connectivity index (χ0n) is 9.96. The first-order valence-electron chi connectivity index (χ1n) is 5.83. The SMILES string of the molecule is NC(=O)C1CCN(C(=O)Cc2csc(N)n2)CC1. The fourth-order valence-corrected chi connectivity index (χ4v) is 2.65. The number of thiazole rings is 1. The molecule has 2 heterocycles. The van der Waals surface area contributed by atoms with Gasteiger partial charge in [0.05, 0.1) is 12.1 Å². The molecule has 1 aliphatic rings. The van der Waals surface area contributed by atoms with Gasteiger partial charge in [-0.2, -0.15) is 0 Å². The normalized spacial score (nSPS) is 16.8. The molecule has 0 unspecified atom stereocenters. The summed E-state index contributed by atoms with van der Waals surface area (Å²) in [6.45, 7) is 1.18. The molecule has 0 spiro atoms. The maximum Gasteiger partial charge on any atom is 0.228 e. The van der Waals surface area contributed by atoms with Crippen LogP contribution < -0.4 is 11.5 Å². The molecule has 2 amide bonds. The van der Waals surface area contributed by atoms with Gasteiger partial charge in [-0.15, -0.1) is 11.3 Å². The molecule has 1 saturated heterocycles. The molecular formula is C11H16N4O2S. The van der Waals surface area contributed by atoms with Crippen molar-refractivity contribution in [2.45, 2.75) is 19.3 Å². The van der Waals surface area contributed by atoms with Crippen LogP contribution in [0.1, 0.15) is 18.5 Å². The lowest BCUT2D eigenvalue weighted by Crippen LogP contribution is -2.42. The van der Waals surface area contributed by atoms with E-state index in [0.29, 0.717) is 36.8 Å². The Morgan fingerprint density at radius 2 is 2.11 bits per heavy atom. The lowest BCUT2D eigenvalue weighted by molar-refractivity contribution is -0.134. The number of carbonyl (C=O) groups is 2. The Morgan fingerprint density at radius 3 is 2.61 bits per heavy atom. The number of primary amides is 1. The molecule has 7 heteroatoms. The minimum absolute atomic E-state index is 0.0308. The molecule has 4 N–H and O–H groups in total. The van der Waals surface area contributed by atoms with Gasteiger partial charge in [0, 0.05) is 24.4 Å². The summed E-state index contributed by atoms with van der Waals surface area (Å²) in [4.78, 5) is 28.8. The van der Waals surface area contributed by atoms with Crippen LogP contribution in [0.4, 0.5) is 5.13 Å². The number of hydrogen-bond acceptors (Lipinski definition) is 5. The first-order chi connectivity index (χ1) is 8.56. The summed E-state index contributed by atoms with van der Waals surface area (Å²) < 4.78 is 0. The highest BCUT2D eigenvalue weighted by Crippen LogP contribution is 2.18. The number of hydrogen-bond donors (Lipinski definition) is 2. The van der Waals surface area contributed by atoms with Gasteiger partial charge in [-0.25, -0.2) is 4.98 Å². The minimum Gasteiger partial charge on any atom is -0.375 e. The number of amides is 2. The monoisotopic (exact) mass is 268 g/mol. The number of nitrogens with two attached hydrogens (primary N) is 2. The lowest BCUT2D eigenvalue weighted by Gasteiger charge is -2.30. The van der Waals surface area contributed by atoms with Gasteiger partial charge in [0.25, 0.3) is 0 Å². The Balaban J connectivity index is 1.86. The Kier molecular flexibility index (Phi) is 3.81. The highest BCUT2D eigenvalue weighted by Gasteiger charge is 2.25. The van der Waals surface area contributed by atoms with Crippen molar-refractivity contribution >= 4 is 28.3 Å². The molecule has 0 atom stereocenters. The molecule has 0 aliphatic carbocycles. The van der Waals surface area contributed by atoms with Crippen LogP contribution in [-0.4, -0.2) is 34.8 Å². The number of nitrogens with zero attached hydrogens (tertiary/aromatic N) is 2. The predicted molar refractivity (Wildman–Crippen MR) is 68.7 cm³/mol. The number of rotatable bonds is 3. The molecule has 0 bridgehead atoms. The van der Waals surface area contributed by atoms with Crippen molar-refractivity contribution < 1.29 is 9.59 Å². The average molecular weight is 268 g/mol. The summed E-state index contributed by atoms with van der Waals surface area (Å²) in [5.41, 5.74) is 11.5. The summed E-state index contributed by atoms with van der Waals surface area (Å²) in [6.07, 6.45) is 1.58. The number of anilines is 1.